The molecular formula is C26H27N3O3S2. The summed E-state index contributed by atoms with van der Waals surface area (Å²) in [6.07, 6.45) is 4.69. The van der Waals surface area contributed by atoms with Gasteiger partial charge in [0.1, 0.15) is 21.7 Å². The third-order valence-electron chi connectivity index (χ3n) is 5.35. The van der Waals surface area contributed by atoms with Gasteiger partial charge in [-0.3, -0.25) is 14.7 Å². The fraction of sp³-hybridized carbons (Fsp3) is 0.269. The van der Waals surface area contributed by atoms with E-state index in [0.717, 1.165) is 22.4 Å². The number of pyridine rings is 1. The number of thiazole rings is 1. The summed E-state index contributed by atoms with van der Waals surface area (Å²) in [6, 6.07) is 16.0. The average molecular weight is 494 g/mol. The van der Waals surface area contributed by atoms with E-state index in [1.165, 1.54) is 21.8 Å². The molecule has 4 rings (SSSR count). The number of rotatable bonds is 10. The van der Waals surface area contributed by atoms with Crippen molar-refractivity contribution < 1.29 is 14.3 Å². The molecule has 0 fully saturated rings. The highest BCUT2D eigenvalue weighted by atomic mass is 32.2. The van der Waals surface area contributed by atoms with Gasteiger partial charge in [0.25, 0.3) is 0 Å². The van der Waals surface area contributed by atoms with Crippen LogP contribution in [-0.2, 0) is 11.3 Å². The minimum atomic E-state index is 0.0401. The van der Waals surface area contributed by atoms with E-state index >= 15 is 0 Å². The highest BCUT2D eigenvalue weighted by Crippen LogP contribution is 2.40. The van der Waals surface area contributed by atoms with Gasteiger partial charge in [-0.05, 0) is 61.1 Å². The lowest BCUT2D eigenvalue weighted by molar-refractivity contribution is -0.118. The van der Waals surface area contributed by atoms with Crippen molar-refractivity contribution in [2.75, 3.05) is 24.9 Å². The topological polar surface area (TPSA) is 64.6 Å². The second-order valence-corrected chi connectivity index (χ2v) is 9.89. The van der Waals surface area contributed by atoms with Gasteiger partial charge < -0.3 is 9.47 Å². The van der Waals surface area contributed by atoms with E-state index in [-0.39, 0.29) is 5.91 Å². The first-order valence-electron chi connectivity index (χ1n) is 11.0. The Labute approximate surface area is 207 Å². The first-order valence-corrected chi connectivity index (χ1v) is 12.8. The van der Waals surface area contributed by atoms with E-state index in [0.29, 0.717) is 35.1 Å². The van der Waals surface area contributed by atoms with E-state index in [2.05, 4.69) is 36.2 Å². The molecule has 2 aromatic carbocycles. The Kier molecular flexibility index (Phi) is 8.03. The molecule has 0 unspecified atom stereocenters. The van der Waals surface area contributed by atoms with Gasteiger partial charge in [-0.1, -0.05) is 29.0 Å². The fourth-order valence-corrected chi connectivity index (χ4v) is 5.45. The molecule has 8 heteroatoms. The van der Waals surface area contributed by atoms with Crippen molar-refractivity contribution in [3.63, 3.8) is 0 Å². The molecule has 0 saturated carbocycles. The fourth-order valence-electron chi connectivity index (χ4n) is 3.51. The lowest BCUT2D eigenvalue weighted by atomic mass is 10.2. The van der Waals surface area contributed by atoms with Crippen molar-refractivity contribution >= 4 is 44.4 Å². The molecule has 0 aliphatic heterocycles. The predicted molar refractivity (Wildman–Crippen MR) is 139 cm³/mol. The first-order chi connectivity index (χ1) is 16.6. The van der Waals surface area contributed by atoms with Crippen molar-refractivity contribution in [3.05, 3.63) is 72.1 Å². The first kappa shape index (κ1) is 24.0. The number of carbonyl (C=O) groups is 1. The highest BCUT2D eigenvalue weighted by molar-refractivity contribution is 7.99. The quantitative estimate of drug-likeness (QED) is 0.196. The maximum absolute atomic E-state index is 13.4. The lowest BCUT2D eigenvalue weighted by Gasteiger charge is -2.20. The summed E-state index contributed by atoms with van der Waals surface area (Å²) in [7, 11) is 3.25. The lowest BCUT2D eigenvalue weighted by Crippen LogP contribution is -2.30. The molecule has 0 N–H and O–H groups in total. The van der Waals surface area contributed by atoms with Gasteiger partial charge in [0.2, 0.25) is 5.91 Å². The van der Waals surface area contributed by atoms with Gasteiger partial charge in [0, 0.05) is 23.7 Å². The number of hydrogen-bond donors (Lipinski definition) is 0. The van der Waals surface area contributed by atoms with Gasteiger partial charge in [-0.15, -0.1) is 11.8 Å². The summed E-state index contributed by atoms with van der Waals surface area (Å²) in [4.78, 5) is 25.3. The number of aromatic nitrogens is 2. The molecule has 4 aromatic rings. The minimum absolute atomic E-state index is 0.0401. The molecule has 0 aliphatic rings. The molecule has 0 atom stereocenters. The van der Waals surface area contributed by atoms with E-state index < -0.39 is 0 Å². The van der Waals surface area contributed by atoms with Gasteiger partial charge in [-0.25, -0.2) is 4.98 Å². The SMILES string of the molecule is COc1ccc(OC)c2sc(N(Cc3ccncc3)C(=O)CCCSc3ccc(C)cc3)nc12. The molecule has 0 spiro atoms. The zero-order valence-corrected chi connectivity index (χ0v) is 21.1. The maximum Gasteiger partial charge on any atom is 0.229 e. The molecule has 2 heterocycles. The van der Waals surface area contributed by atoms with Crippen LogP contribution in [0.3, 0.4) is 0 Å². The average Bonchev–Trinajstić information content (AvgIpc) is 3.31. The second-order valence-electron chi connectivity index (χ2n) is 7.74. The Balaban J connectivity index is 1.54. The Hall–Kier alpha value is -3.10. The number of fused-ring (bicyclic) bond motifs is 1. The van der Waals surface area contributed by atoms with Crippen LogP contribution in [0.15, 0.2) is 65.8 Å². The van der Waals surface area contributed by atoms with E-state index in [1.54, 1.807) is 43.3 Å². The molecule has 176 valence electrons. The Morgan fingerprint density at radius 2 is 1.71 bits per heavy atom. The number of aryl methyl sites for hydroxylation is 1. The van der Waals surface area contributed by atoms with E-state index in [1.807, 2.05) is 24.3 Å². The van der Waals surface area contributed by atoms with Crippen molar-refractivity contribution in [1.82, 2.24) is 9.97 Å². The van der Waals surface area contributed by atoms with Crippen LogP contribution in [0.2, 0.25) is 0 Å². The van der Waals surface area contributed by atoms with Crippen molar-refractivity contribution in [2.45, 2.75) is 31.2 Å². The van der Waals surface area contributed by atoms with Crippen molar-refractivity contribution in [1.29, 1.82) is 0 Å². The standard InChI is InChI=1S/C26H27N3O3S2/c1-18-6-8-20(9-7-18)33-16-4-5-23(30)29(17-19-12-14-27-15-13-19)26-28-24-21(31-2)10-11-22(32-3)25(24)34-26/h6-15H,4-5,16-17H2,1-3H3. The van der Waals surface area contributed by atoms with Gasteiger partial charge in [0.15, 0.2) is 5.13 Å². The Bertz CT molecular complexity index is 1200. The molecule has 0 aliphatic carbocycles. The van der Waals surface area contributed by atoms with Crippen LogP contribution in [0.1, 0.15) is 24.0 Å². The normalized spacial score (nSPS) is 10.9. The zero-order valence-electron chi connectivity index (χ0n) is 19.5. The van der Waals surface area contributed by atoms with Crippen LogP contribution in [0.5, 0.6) is 11.5 Å². The smallest absolute Gasteiger partial charge is 0.229 e. The number of benzene rings is 2. The summed E-state index contributed by atoms with van der Waals surface area (Å²) in [5.74, 6) is 2.28. The van der Waals surface area contributed by atoms with Crippen molar-refractivity contribution in [3.8, 4) is 11.5 Å². The molecule has 0 radical (unpaired) electrons. The van der Waals surface area contributed by atoms with Crippen molar-refractivity contribution in [2.24, 2.45) is 0 Å². The second kappa shape index (κ2) is 11.4. The summed E-state index contributed by atoms with van der Waals surface area (Å²) in [6.45, 7) is 2.51. The molecule has 0 bridgehead atoms. The third kappa shape index (κ3) is 5.69. The van der Waals surface area contributed by atoms with Crippen LogP contribution < -0.4 is 14.4 Å². The number of methoxy groups -OCH3 is 2. The van der Waals surface area contributed by atoms with Gasteiger partial charge in [0.05, 0.1) is 20.8 Å². The van der Waals surface area contributed by atoms with Gasteiger partial charge >= 0.3 is 0 Å². The summed E-state index contributed by atoms with van der Waals surface area (Å²) in [5.41, 5.74) is 2.94. The zero-order chi connectivity index (χ0) is 23.9. The van der Waals surface area contributed by atoms with Crippen LogP contribution in [0.25, 0.3) is 10.2 Å². The summed E-state index contributed by atoms with van der Waals surface area (Å²) in [5, 5.41) is 0.630. The largest absolute Gasteiger partial charge is 0.495 e. The molecule has 34 heavy (non-hydrogen) atoms. The number of ether oxygens (including phenoxy) is 2. The number of amides is 1. The highest BCUT2D eigenvalue weighted by Gasteiger charge is 2.22. The number of thioether (sulfide) groups is 1. The van der Waals surface area contributed by atoms with Crippen LogP contribution in [0.4, 0.5) is 5.13 Å². The molecule has 2 aromatic heterocycles. The monoisotopic (exact) mass is 493 g/mol. The van der Waals surface area contributed by atoms with E-state index in [4.69, 9.17) is 14.5 Å². The van der Waals surface area contributed by atoms with Crippen LogP contribution >= 0.6 is 23.1 Å². The molecule has 6 nitrogen and oxygen atoms in total. The Morgan fingerprint density at radius 1 is 1.00 bits per heavy atom. The van der Waals surface area contributed by atoms with Gasteiger partial charge in [-0.2, -0.15) is 0 Å². The summed E-state index contributed by atoms with van der Waals surface area (Å²) >= 11 is 3.21. The van der Waals surface area contributed by atoms with Crippen LogP contribution in [-0.4, -0.2) is 35.8 Å². The minimum Gasteiger partial charge on any atom is -0.495 e. The number of hydrogen-bond acceptors (Lipinski definition) is 7. The predicted octanol–water partition coefficient (Wildman–Crippen LogP) is 6.12. The Morgan fingerprint density at radius 3 is 2.41 bits per heavy atom. The number of anilines is 1. The third-order valence-corrected chi connectivity index (χ3v) is 7.54. The van der Waals surface area contributed by atoms with Crippen LogP contribution in [0, 0.1) is 6.92 Å². The molecule has 0 saturated heterocycles. The van der Waals surface area contributed by atoms with E-state index in [9.17, 15) is 4.79 Å². The summed E-state index contributed by atoms with van der Waals surface area (Å²) < 4.78 is 11.9. The molecular weight excluding hydrogens is 466 g/mol. The number of nitrogens with zero attached hydrogens (tertiary/aromatic N) is 3. The number of carbonyl (C=O) groups excluding carboxylic acids is 1. The molecule has 1 amide bonds. The maximum atomic E-state index is 13.4.